The summed E-state index contributed by atoms with van der Waals surface area (Å²) in [7, 11) is -3.67. The molecule has 0 spiro atoms. The molecule has 3 N–H and O–H groups in total. The molecule has 20 heavy (non-hydrogen) atoms. The first-order valence-electron chi connectivity index (χ1n) is 6.17. The van der Waals surface area contributed by atoms with E-state index in [1.807, 2.05) is 13.2 Å². The lowest BCUT2D eigenvalue weighted by Gasteiger charge is -2.11. The van der Waals surface area contributed by atoms with Crippen molar-refractivity contribution < 1.29 is 8.42 Å². The molecule has 1 atom stereocenters. The number of hydrogen-bond acceptors (Lipinski definition) is 5. The SMILES string of the molecule is CSCC(C)CNS(=O)(=O)c1c(N)nc2ccccn12. The normalized spacial score (nSPS) is 13.7. The lowest BCUT2D eigenvalue weighted by molar-refractivity contribution is 0.559. The number of nitrogen functional groups attached to an aromatic ring is 1. The lowest BCUT2D eigenvalue weighted by atomic mass is 10.2. The zero-order valence-electron chi connectivity index (χ0n) is 11.4. The minimum Gasteiger partial charge on any atom is -0.381 e. The van der Waals surface area contributed by atoms with E-state index >= 15 is 0 Å². The van der Waals surface area contributed by atoms with Crippen LogP contribution in [0.5, 0.6) is 0 Å². The first kappa shape index (κ1) is 15.1. The monoisotopic (exact) mass is 314 g/mol. The highest BCUT2D eigenvalue weighted by Crippen LogP contribution is 2.19. The Balaban J connectivity index is 2.30. The second-order valence-corrected chi connectivity index (χ2v) is 7.24. The molecule has 2 aromatic heterocycles. The van der Waals surface area contributed by atoms with E-state index < -0.39 is 10.0 Å². The number of rotatable bonds is 6. The molecule has 0 amide bonds. The summed E-state index contributed by atoms with van der Waals surface area (Å²) >= 11 is 1.69. The number of aromatic nitrogens is 2. The predicted octanol–water partition coefficient (Wildman–Crippen LogP) is 1.19. The highest BCUT2D eigenvalue weighted by molar-refractivity contribution is 7.98. The van der Waals surface area contributed by atoms with Crippen molar-refractivity contribution >= 4 is 33.3 Å². The van der Waals surface area contributed by atoms with Crippen molar-refractivity contribution in [3.05, 3.63) is 24.4 Å². The summed E-state index contributed by atoms with van der Waals surface area (Å²) in [6.07, 6.45) is 3.63. The molecule has 0 aliphatic heterocycles. The van der Waals surface area contributed by atoms with Crippen LogP contribution in [0.2, 0.25) is 0 Å². The van der Waals surface area contributed by atoms with E-state index in [0.29, 0.717) is 12.2 Å². The van der Waals surface area contributed by atoms with Gasteiger partial charge in [0.1, 0.15) is 5.65 Å². The second kappa shape index (κ2) is 6.02. The van der Waals surface area contributed by atoms with Crippen LogP contribution in [0, 0.1) is 5.92 Å². The van der Waals surface area contributed by atoms with Crippen LogP contribution >= 0.6 is 11.8 Å². The summed E-state index contributed by atoms with van der Waals surface area (Å²) < 4.78 is 28.8. The van der Waals surface area contributed by atoms with E-state index in [-0.39, 0.29) is 16.8 Å². The maximum Gasteiger partial charge on any atom is 0.260 e. The Morgan fingerprint density at radius 1 is 1.50 bits per heavy atom. The minimum atomic E-state index is -3.67. The Morgan fingerprint density at radius 3 is 2.95 bits per heavy atom. The van der Waals surface area contributed by atoms with Crippen molar-refractivity contribution in [2.24, 2.45) is 5.92 Å². The van der Waals surface area contributed by atoms with E-state index in [1.54, 1.807) is 36.2 Å². The van der Waals surface area contributed by atoms with Crippen molar-refractivity contribution in [1.82, 2.24) is 14.1 Å². The number of fused-ring (bicyclic) bond motifs is 1. The number of nitrogens with zero attached hydrogens (tertiary/aromatic N) is 2. The minimum absolute atomic E-state index is 0.00412. The summed E-state index contributed by atoms with van der Waals surface area (Å²) in [6.45, 7) is 2.37. The molecule has 0 radical (unpaired) electrons. The van der Waals surface area contributed by atoms with Crippen LogP contribution in [0.3, 0.4) is 0 Å². The number of thioether (sulfide) groups is 1. The van der Waals surface area contributed by atoms with Gasteiger partial charge in [0.05, 0.1) is 0 Å². The number of hydrogen-bond donors (Lipinski definition) is 2. The molecule has 110 valence electrons. The average Bonchev–Trinajstić information content (AvgIpc) is 2.73. The molecular weight excluding hydrogens is 296 g/mol. The largest absolute Gasteiger partial charge is 0.381 e. The van der Waals surface area contributed by atoms with E-state index in [1.165, 1.54) is 4.40 Å². The highest BCUT2D eigenvalue weighted by Gasteiger charge is 2.23. The van der Waals surface area contributed by atoms with Crippen LogP contribution in [0.15, 0.2) is 29.4 Å². The van der Waals surface area contributed by atoms with Gasteiger partial charge < -0.3 is 5.73 Å². The van der Waals surface area contributed by atoms with Gasteiger partial charge in [-0.15, -0.1) is 0 Å². The number of nitrogens with one attached hydrogen (secondary N) is 1. The van der Waals surface area contributed by atoms with Crippen molar-refractivity contribution in [3.8, 4) is 0 Å². The topological polar surface area (TPSA) is 89.5 Å². The molecular formula is C12H18N4O2S2. The zero-order valence-corrected chi connectivity index (χ0v) is 13.0. The molecule has 2 rings (SSSR count). The van der Waals surface area contributed by atoms with Crippen LogP contribution in [-0.2, 0) is 10.0 Å². The quantitative estimate of drug-likeness (QED) is 0.836. The fourth-order valence-corrected chi connectivity index (χ4v) is 3.98. The Kier molecular flexibility index (Phi) is 4.56. The van der Waals surface area contributed by atoms with Gasteiger partial charge in [0.15, 0.2) is 10.8 Å². The summed E-state index contributed by atoms with van der Waals surface area (Å²) in [6, 6.07) is 5.24. The smallest absolute Gasteiger partial charge is 0.260 e. The third-order valence-electron chi connectivity index (χ3n) is 2.84. The van der Waals surface area contributed by atoms with Gasteiger partial charge in [-0.3, -0.25) is 4.40 Å². The van der Waals surface area contributed by atoms with Gasteiger partial charge in [0, 0.05) is 12.7 Å². The summed E-state index contributed by atoms with van der Waals surface area (Å²) in [5.74, 6) is 1.16. The molecule has 0 saturated heterocycles. The van der Waals surface area contributed by atoms with Crippen LogP contribution in [0.1, 0.15) is 6.92 Å². The van der Waals surface area contributed by atoms with Gasteiger partial charge in [-0.25, -0.2) is 18.1 Å². The van der Waals surface area contributed by atoms with Gasteiger partial charge in [-0.05, 0) is 30.1 Å². The van der Waals surface area contributed by atoms with E-state index in [4.69, 9.17) is 5.73 Å². The Morgan fingerprint density at radius 2 is 2.25 bits per heavy atom. The Hall–Kier alpha value is -1.25. The predicted molar refractivity (Wildman–Crippen MR) is 82.3 cm³/mol. The molecule has 0 aromatic carbocycles. The van der Waals surface area contributed by atoms with Crippen LogP contribution in [0.25, 0.3) is 5.65 Å². The van der Waals surface area contributed by atoms with E-state index in [0.717, 1.165) is 5.75 Å². The highest BCUT2D eigenvalue weighted by atomic mass is 32.2. The van der Waals surface area contributed by atoms with Crippen molar-refractivity contribution in [2.75, 3.05) is 24.3 Å². The first-order chi connectivity index (χ1) is 9.45. The second-order valence-electron chi connectivity index (χ2n) is 4.64. The first-order valence-corrected chi connectivity index (χ1v) is 9.04. The number of pyridine rings is 1. The molecule has 0 saturated carbocycles. The molecule has 0 fully saturated rings. The van der Waals surface area contributed by atoms with E-state index in [2.05, 4.69) is 9.71 Å². The van der Waals surface area contributed by atoms with Crippen molar-refractivity contribution in [3.63, 3.8) is 0 Å². The van der Waals surface area contributed by atoms with E-state index in [9.17, 15) is 8.42 Å². The molecule has 2 heterocycles. The molecule has 0 aliphatic rings. The number of nitrogens with two attached hydrogens (primary N) is 1. The number of imidazole rings is 1. The van der Waals surface area contributed by atoms with Gasteiger partial charge in [-0.1, -0.05) is 13.0 Å². The fraction of sp³-hybridized carbons (Fsp3) is 0.417. The summed E-state index contributed by atoms with van der Waals surface area (Å²) in [5, 5.41) is 0.00412. The summed E-state index contributed by atoms with van der Waals surface area (Å²) in [5.41, 5.74) is 6.27. The summed E-state index contributed by atoms with van der Waals surface area (Å²) in [4.78, 5) is 4.06. The van der Waals surface area contributed by atoms with Gasteiger partial charge >= 0.3 is 0 Å². The lowest BCUT2D eigenvalue weighted by Crippen LogP contribution is -2.30. The number of anilines is 1. The number of sulfonamides is 1. The third-order valence-corrected chi connectivity index (χ3v) is 5.20. The molecule has 6 nitrogen and oxygen atoms in total. The van der Waals surface area contributed by atoms with Gasteiger partial charge in [-0.2, -0.15) is 11.8 Å². The Labute approximate surface area is 122 Å². The van der Waals surface area contributed by atoms with Gasteiger partial charge in [0.25, 0.3) is 10.0 Å². The fourth-order valence-electron chi connectivity index (χ4n) is 1.92. The van der Waals surface area contributed by atoms with Crippen LogP contribution in [-0.4, -0.2) is 36.4 Å². The third kappa shape index (κ3) is 3.08. The average molecular weight is 314 g/mol. The standard InChI is InChI=1S/C12H18N4O2S2/c1-9(8-19-2)7-14-20(17,18)12-11(13)15-10-5-3-4-6-16(10)12/h3-6,9,14H,7-8,13H2,1-2H3. The molecule has 0 bridgehead atoms. The maximum atomic E-state index is 12.4. The zero-order chi connectivity index (χ0) is 14.8. The maximum absolute atomic E-state index is 12.4. The van der Waals surface area contributed by atoms with Crippen molar-refractivity contribution in [1.29, 1.82) is 0 Å². The molecule has 0 aliphatic carbocycles. The van der Waals surface area contributed by atoms with Crippen LogP contribution in [0.4, 0.5) is 5.82 Å². The van der Waals surface area contributed by atoms with Gasteiger partial charge in [0.2, 0.25) is 0 Å². The molecule has 1 unspecified atom stereocenters. The van der Waals surface area contributed by atoms with Crippen molar-refractivity contribution in [2.45, 2.75) is 11.9 Å². The molecule has 8 heteroatoms. The molecule has 2 aromatic rings. The Bertz CT molecular complexity index is 697. The van der Waals surface area contributed by atoms with Crippen LogP contribution < -0.4 is 10.5 Å².